The number of amides is 1. The Bertz CT molecular complexity index is 916. The van der Waals surface area contributed by atoms with E-state index in [1.165, 1.54) is 12.8 Å². The van der Waals surface area contributed by atoms with E-state index in [-0.39, 0.29) is 24.1 Å². The molecule has 1 amide bonds. The number of pyridine rings is 1. The van der Waals surface area contributed by atoms with E-state index in [4.69, 9.17) is 0 Å². The molecule has 0 aromatic carbocycles. The number of nitrogens with one attached hydrogen (secondary N) is 1. The SMILES string of the molecule is O=C(c1ccc2n(c1=O)C[C@@H]1CNC[C@H]2C1)N1C[C@H]2C[C@@H](C1)[C@H](CO)N1CCCC[C@@H]21. The zero-order valence-electron chi connectivity index (χ0n) is 18.2. The number of hydrogen-bond donors (Lipinski definition) is 2. The summed E-state index contributed by atoms with van der Waals surface area (Å²) >= 11 is 0. The minimum Gasteiger partial charge on any atom is -0.395 e. The Morgan fingerprint density at radius 3 is 2.84 bits per heavy atom. The molecule has 5 aliphatic heterocycles. The van der Waals surface area contributed by atoms with Crippen LogP contribution < -0.4 is 10.9 Å². The zero-order chi connectivity index (χ0) is 21.1. The summed E-state index contributed by atoms with van der Waals surface area (Å²) in [4.78, 5) is 31.4. The Hall–Kier alpha value is -1.70. The van der Waals surface area contributed by atoms with Crippen LogP contribution in [0.4, 0.5) is 0 Å². The van der Waals surface area contributed by atoms with Gasteiger partial charge in [0.25, 0.3) is 11.5 Å². The zero-order valence-corrected chi connectivity index (χ0v) is 18.2. The first-order valence-corrected chi connectivity index (χ1v) is 12.2. The number of nitrogens with zero attached hydrogens (tertiary/aromatic N) is 3. The van der Waals surface area contributed by atoms with E-state index in [0.717, 1.165) is 51.1 Å². The largest absolute Gasteiger partial charge is 0.395 e. The third-order valence-corrected chi connectivity index (χ3v) is 8.84. The smallest absolute Gasteiger partial charge is 0.263 e. The maximum atomic E-state index is 13.6. The lowest BCUT2D eigenvalue weighted by Gasteiger charge is -2.56. The number of likely N-dealkylation sites (tertiary alicyclic amines) is 1. The summed E-state index contributed by atoms with van der Waals surface area (Å²) in [5.74, 6) is 1.50. The number of rotatable bonds is 2. The first-order chi connectivity index (χ1) is 15.1. The first-order valence-electron chi connectivity index (χ1n) is 12.2. The van der Waals surface area contributed by atoms with Crippen LogP contribution in [0.15, 0.2) is 16.9 Å². The van der Waals surface area contributed by atoms with Gasteiger partial charge in [-0.15, -0.1) is 0 Å². The Kier molecular flexibility index (Phi) is 4.96. The highest BCUT2D eigenvalue weighted by Crippen LogP contribution is 2.41. The molecule has 6 rings (SSSR count). The molecule has 0 unspecified atom stereocenters. The minimum absolute atomic E-state index is 0.104. The fourth-order valence-electron chi connectivity index (χ4n) is 7.45. The molecule has 5 aliphatic rings. The van der Waals surface area contributed by atoms with Crippen LogP contribution in [-0.4, -0.2) is 76.8 Å². The Balaban J connectivity index is 1.28. The molecule has 4 fully saturated rings. The van der Waals surface area contributed by atoms with Gasteiger partial charge in [-0.3, -0.25) is 14.5 Å². The molecule has 4 bridgehead atoms. The second-order valence-corrected chi connectivity index (χ2v) is 10.6. The summed E-state index contributed by atoms with van der Waals surface area (Å²) in [7, 11) is 0. The predicted molar refractivity (Wildman–Crippen MR) is 117 cm³/mol. The summed E-state index contributed by atoms with van der Waals surface area (Å²) in [6.45, 7) is 5.21. The van der Waals surface area contributed by atoms with Crippen molar-refractivity contribution in [3.8, 4) is 0 Å². The van der Waals surface area contributed by atoms with E-state index >= 15 is 0 Å². The first kappa shape index (κ1) is 19.9. The molecule has 6 heterocycles. The molecule has 1 aromatic rings. The Labute approximate surface area is 183 Å². The maximum absolute atomic E-state index is 13.6. The van der Waals surface area contributed by atoms with Crippen molar-refractivity contribution in [2.75, 3.05) is 39.3 Å². The van der Waals surface area contributed by atoms with Gasteiger partial charge < -0.3 is 19.9 Å². The Morgan fingerprint density at radius 1 is 1.10 bits per heavy atom. The molecule has 31 heavy (non-hydrogen) atoms. The van der Waals surface area contributed by atoms with E-state index in [9.17, 15) is 14.7 Å². The number of aliphatic hydroxyl groups is 1. The van der Waals surface area contributed by atoms with E-state index in [0.29, 0.717) is 48.4 Å². The Morgan fingerprint density at radius 2 is 1.97 bits per heavy atom. The summed E-state index contributed by atoms with van der Waals surface area (Å²) in [5.41, 5.74) is 1.31. The van der Waals surface area contributed by atoms with Crippen molar-refractivity contribution in [2.24, 2.45) is 17.8 Å². The van der Waals surface area contributed by atoms with Crippen molar-refractivity contribution in [1.82, 2.24) is 19.7 Å². The van der Waals surface area contributed by atoms with Gasteiger partial charge in [-0.2, -0.15) is 0 Å². The number of aromatic nitrogens is 1. The highest BCUT2D eigenvalue weighted by atomic mass is 16.3. The van der Waals surface area contributed by atoms with Crippen molar-refractivity contribution >= 4 is 5.91 Å². The lowest BCUT2D eigenvalue weighted by atomic mass is 9.72. The normalized spacial score (nSPS) is 37.1. The van der Waals surface area contributed by atoms with Gasteiger partial charge in [0, 0.05) is 49.9 Å². The molecule has 7 heteroatoms. The van der Waals surface area contributed by atoms with Gasteiger partial charge in [-0.25, -0.2) is 0 Å². The second-order valence-electron chi connectivity index (χ2n) is 10.6. The molecule has 0 aliphatic carbocycles. The molecule has 1 aromatic heterocycles. The summed E-state index contributed by atoms with van der Waals surface area (Å²) < 4.78 is 1.89. The maximum Gasteiger partial charge on any atom is 0.263 e. The molecular formula is C24H34N4O3. The molecule has 0 saturated carbocycles. The molecule has 0 spiro atoms. The van der Waals surface area contributed by atoms with E-state index in [1.807, 2.05) is 15.5 Å². The van der Waals surface area contributed by atoms with E-state index in [2.05, 4.69) is 10.2 Å². The van der Waals surface area contributed by atoms with Crippen LogP contribution in [-0.2, 0) is 6.54 Å². The highest BCUT2D eigenvalue weighted by molar-refractivity contribution is 5.94. The molecule has 0 radical (unpaired) electrons. The molecule has 7 nitrogen and oxygen atoms in total. The van der Waals surface area contributed by atoms with Crippen LogP contribution in [0.5, 0.6) is 0 Å². The molecule has 2 N–H and O–H groups in total. The second kappa shape index (κ2) is 7.71. The summed E-state index contributed by atoms with van der Waals surface area (Å²) in [6.07, 6.45) is 5.83. The van der Waals surface area contributed by atoms with Crippen molar-refractivity contribution < 1.29 is 9.90 Å². The summed E-state index contributed by atoms with van der Waals surface area (Å²) in [6, 6.07) is 4.42. The van der Waals surface area contributed by atoms with Gasteiger partial charge in [0.05, 0.1) is 6.61 Å². The quantitative estimate of drug-likeness (QED) is 0.734. The molecular weight excluding hydrogens is 392 g/mol. The lowest BCUT2D eigenvalue weighted by Crippen LogP contribution is -2.65. The monoisotopic (exact) mass is 426 g/mol. The molecule has 4 saturated heterocycles. The van der Waals surface area contributed by atoms with Crippen molar-refractivity contribution in [3.63, 3.8) is 0 Å². The van der Waals surface area contributed by atoms with Gasteiger partial charge in [-0.1, -0.05) is 6.42 Å². The number of fused-ring (bicyclic) bond motifs is 8. The molecule has 6 atom stereocenters. The average molecular weight is 427 g/mol. The van der Waals surface area contributed by atoms with Gasteiger partial charge >= 0.3 is 0 Å². The topological polar surface area (TPSA) is 77.8 Å². The van der Waals surface area contributed by atoms with E-state index < -0.39 is 0 Å². The molecule has 168 valence electrons. The van der Waals surface area contributed by atoms with Gasteiger partial charge in [0.2, 0.25) is 0 Å². The summed E-state index contributed by atoms with van der Waals surface area (Å²) in [5, 5.41) is 13.6. The minimum atomic E-state index is -0.107. The number of carbonyl (C=O) groups excluding carboxylic acids is 1. The third-order valence-electron chi connectivity index (χ3n) is 8.84. The van der Waals surface area contributed by atoms with Gasteiger partial charge in [-0.05, 0) is 68.7 Å². The van der Waals surface area contributed by atoms with Crippen molar-refractivity contribution in [2.45, 2.75) is 56.7 Å². The van der Waals surface area contributed by atoms with Crippen LogP contribution in [0.3, 0.4) is 0 Å². The van der Waals surface area contributed by atoms with Crippen LogP contribution in [0, 0.1) is 17.8 Å². The fourth-order valence-corrected chi connectivity index (χ4v) is 7.45. The number of aliphatic hydroxyl groups excluding tert-OH is 1. The highest BCUT2D eigenvalue weighted by Gasteiger charge is 2.48. The van der Waals surface area contributed by atoms with Crippen LogP contribution in [0.1, 0.15) is 54.1 Å². The predicted octanol–water partition coefficient (Wildman–Crippen LogP) is 0.862. The van der Waals surface area contributed by atoms with E-state index in [1.54, 1.807) is 6.07 Å². The third kappa shape index (κ3) is 3.19. The fraction of sp³-hybridized carbons (Fsp3) is 0.750. The number of carbonyl (C=O) groups is 1. The van der Waals surface area contributed by atoms with Crippen LogP contribution in [0.2, 0.25) is 0 Å². The lowest BCUT2D eigenvalue weighted by molar-refractivity contribution is -0.0795. The number of hydrogen-bond acceptors (Lipinski definition) is 5. The standard InChI is InChI=1S/C24H34N4O3/c29-14-22-18-8-17(20-3-1-2-6-27(20)22)12-26(13-18)23(30)19-4-5-21-16-7-15(9-25-10-16)11-28(21)24(19)31/h4-5,15-18,20,22,25,29H,1-3,6-14H2/t15-,16+,17+,18-,20-,22-/m0/s1. The van der Waals surface area contributed by atoms with Crippen molar-refractivity contribution in [3.05, 3.63) is 33.7 Å². The van der Waals surface area contributed by atoms with Gasteiger partial charge in [0.1, 0.15) is 5.56 Å². The average Bonchev–Trinajstić information content (AvgIpc) is 2.80. The van der Waals surface area contributed by atoms with Crippen LogP contribution in [0.25, 0.3) is 0 Å². The van der Waals surface area contributed by atoms with Crippen molar-refractivity contribution in [1.29, 1.82) is 0 Å². The van der Waals surface area contributed by atoms with Crippen LogP contribution >= 0.6 is 0 Å². The number of piperidine rings is 4. The van der Waals surface area contributed by atoms with Gasteiger partial charge in [0.15, 0.2) is 0 Å².